The van der Waals surface area contributed by atoms with E-state index in [1.165, 1.54) is 0 Å². The van der Waals surface area contributed by atoms with Crippen LogP contribution in [0.2, 0.25) is 0 Å². The zero-order chi connectivity index (χ0) is 6.99. The normalized spacial score (nSPS) is 11.6. The Hall–Kier alpha value is -0.120. The number of rotatable bonds is 2. The van der Waals surface area contributed by atoms with Gasteiger partial charge in [-0.1, -0.05) is 0 Å². The lowest BCUT2D eigenvalue weighted by molar-refractivity contribution is 0.0765. The number of hydrogen-bond acceptors (Lipinski definition) is 3. The largest absolute Gasteiger partial charge is 0.400 e. The molecule has 0 radical (unpaired) electrons. The molecule has 0 heterocycles. The van der Waals surface area contributed by atoms with Gasteiger partial charge in [-0.2, -0.15) is 0 Å². The lowest BCUT2D eigenvalue weighted by Crippen LogP contribution is -2.07. The molecule has 0 aromatic carbocycles. The molecule has 1 unspecified atom stereocenters. The summed E-state index contributed by atoms with van der Waals surface area (Å²) in [5, 5.41) is 15.4. The zero-order valence-electron chi connectivity index (χ0n) is 5.59. The van der Waals surface area contributed by atoms with Gasteiger partial charge in [-0.3, -0.25) is 0 Å². The van der Waals surface area contributed by atoms with Crippen LogP contribution >= 0.6 is 0 Å². The minimum atomic E-state index is -0.324. The highest BCUT2D eigenvalue weighted by atomic mass is 16.5. The monoisotopic (exact) mass is 122 g/mol. The molecule has 0 fully saturated rings. The topological polar surface area (TPSA) is 49.7 Å². The van der Waals surface area contributed by atoms with Gasteiger partial charge in [-0.25, -0.2) is 0 Å². The molecule has 52 valence electrons. The van der Waals surface area contributed by atoms with E-state index in [0.717, 1.165) is 7.11 Å². The average molecular weight is 122 g/mol. The molecule has 0 bridgehead atoms. The second-order valence-corrected chi connectivity index (χ2v) is 1.30. The fourth-order valence-electron chi connectivity index (χ4n) is 0.241. The van der Waals surface area contributed by atoms with Gasteiger partial charge < -0.3 is 14.9 Å². The molecule has 0 saturated heterocycles. The van der Waals surface area contributed by atoms with Gasteiger partial charge >= 0.3 is 0 Å². The van der Waals surface area contributed by atoms with Crippen LogP contribution in [-0.4, -0.2) is 37.1 Å². The third-order valence-corrected chi connectivity index (χ3v) is 0.408. The number of methoxy groups -OCH3 is 1. The molecule has 2 N–H and O–H groups in total. The minimum Gasteiger partial charge on any atom is -0.400 e. The molecule has 0 aromatic heterocycles. The van der Waals surface area contributed by atoms with Crippen molar-refractivity contribution in [2.24, 2.45) is 0 Å². The molecule has 0 aliphatic rings. The number of hydrogen-bond donors (Lipinski definition) is 2. The first-order valence-electron chi connectivity index (χ1n) is 2.39. The predicted molar refractivity (Wildman–Crippen MR) is 31.7 cm³/mol. The standard InChI is InChI=1S/C4H10O2.CH4O/c1-4(5)3-6-2;1-2/h4-5H,3H2,1-2H3;2H,1H3. The molecule has 3 heteroatoms. The number of aliphatic hydroxyl groups is 2. The summed E-state index contributed by atoms with van der Waals surface area (Å²) < 4.78 is 4.55. The summed E-state index contributed by atoms with van der Waals surface area (Å²) in [7, 11) is 2.56. The van der Waals surface area contributed by atoms with Crippen molar-refractivity contribution in [3.63, 3.8) is 0 Å². The summed E-state index contributed by atoms with van der Waals surface area (Å²) in [4.78, 5) is 0. The third-order valence-electron chi connectivity index (χ3n) is 0.408. The van der Waals surface area contributed by atoms with E-state index in [9.17, 15) is 0 Å². The van der Waals surface area contributed by atoms with Crippen LogP contribution < -0.4 is 0 Å². The molecule has 0 saturated carbocycles. The summed E-state index contributed by atoms with van der Waals surface area (Å²) in [5.41, 5.74) is 0. The van der Waals surface area contributed by atoms with Gasteiger partial charge in [0.2, 0.25) is 0 Å². The van der Waals surface area contributed by atoms with E-state index in [1.54, 1.807) is 14.0 Å². The summed E-state index contributed by atoms with van der Waals surface area (Å²) in [6.45, 7) is 2.11. The van der Waals surface area contributed by atoms with Crippen molar-refractivity contribution >= 4 is 0 Å². The second-order valence-electron chi connectivity index (χ2n) is 1.30. The maximum absolute atomic E-state index is 8.43. The SMILES string of the molecule is CO.COCC(C)O. The summed E-state index contributed by atoms with van der Waals surface area (Å²) >= 11 is 0. The highest BCUT2D eigenvalue weighted by molar-refractivity contribution is 4.36. The molecule has 8 heavy (non-hydrogen) atoms. The zero-order valence-corrected chi connectivity index (χ0v) is 5.59. The van der Waals surface area contributed by atoms with Crippen molar-refractivity contribution < 1.29 is 14.9 Å². The van der Waals surface area contributed by atoms with Crippen molar-refractivity contribution in [2.75, 3.05) is 20.8 Å². The van der Waals surface area contributed by atoms with Crippen molar-refractivity contribution in [3.8, 4) is 0 Å². The average Bonchev–Trinajstić information content (AvgIpc) is 1.72. The molecule has 0 spiro atoms. The van der Waals surface area contributed by atoms with Crippen LogP contribution in [0.3, 0.4) is 0 Å². The first-order valence-corrected chi connectivity index (χ1v) is 2.39. The summed E-state index contributed by atoms with van der Waals surface area (Å²) in [6, 6.07) is 0. The third kappa shape index (κ3) is 16.9. The molecule has 0 aliphatic carbocycles. The Morgan fingerprint density at radius 3 is 1.88 bits per heavy atom. The Bertz CT molecular complexity index is 28.9. The molecule has 0 amide bonds. The van der Waals surface area contributed by atoms with Crippen LogP contribution in [0.4, 0.5) is 0 Å². The first kappa shape index (κ1) is 10.8. The van der Waals surface area contributed by atoms with E-state index in [4.69, 9.17) is 10.2 Å². The van der Waals surface area contributed by atoms with E-state index < -0.39 is 0 Å². The van der Waals surface area contributed by atoms with E-state index in [2.05, 4.69) is 4.74 Å². The number of ether oxygens (including phenoxy) is 1. The Kier molecular flexibility index (Phi) is 13.5. The van der Waals surface area contributed by atoms with Crippen molar-refractivity contribution in [1.82, 2.24) is 0 Å². The first-order chi connectivity index (χ1) is 3.77. The van der Waals surface area contributed by atoms with Crippen molar-refractivity contribution in [1.29, 1.82) is 0 Å². The highest BCUT2D eigenvalue weighted by Gasteiger charge is 1.87. The lowest BCUT2D eigenvalue weighted by Gasteiger charge is -1.97. The van der Waals surface area contributed by atoms with Crippen LogP contribution in [0.25, 0.3) is 0 Å². The fraction of sp³-hybridized carbons (Fsp3) is 1.00. The maximum atomic E-state index is 8.43. The quantitative estimate of drug-likeness (QED) is 0.525. The smallest absolute Gasteiger partial charge is 0.0745 e. The molecule has 0 aromatic rings. The Labute approximate surface area is 49.9 Å². The van der Waals surface area contributed by atoms with E-state index in [1.807, 2.05) is 0 Å². The summed E-state index contributed by atoms with van der Waals surface area (Å²) in [6.07, 6.45) is -0.324. The van der Waals surface area contributed by atoms with E-state index in [-0.39, 0.29) is 6.10 Å². The van der Waals surface area contributed by atoms with Gasteiger partial charge in [-0.05, 0) is 6.92 Å². The predicted octanol–water partition coefficient (Wildman–Crippen LogP) is -0.378. The van der Waals surface area contributed by atoms with Crippen LogP contribution in [0.5, 0.6) is 0 Å². The second kappa shape index (κ2) is 9.99. The molecular weight excluding hydrogens is 108 g/mol. The van der Waals surface area contributed by atoms with Gasteiger partial charge in [0.25, 0.3) is 0 Å². The molecule has 0 aliphatic heterocycles. The van der Waals surface area contributed by atoms with Crippen LogP contribution in [0.1, 0.15) is 6.92 Å². The summed E-state index contributed by atoms with van der Waals surface area (Å²) in [5.74, 6) is 0. The Morgan fingerprint density at radius 1 is 1.50 bits per heavy atom. The van der Waals surface area contributed by atoms with E-state index in [0.29, 0.717) is 6.61 Å². The minimum absolute atomic E-state index is 0.324. The maximum Gasteiger partial charge on any atom is 0.0745 e. The van der Waals surface area contributed by atoms with Crippen LogP contribution in [0.15, 0.2) is 0 Å². The lowest BCUT2D eigenvalue weighted by atomic mass is 10.5. The Morgan fingerprint density at radius 2 is 1.88 bits per heavy atom. The van der Waals surface area contributed by atoms with Crippen LogP contribution in [0, 0.1) is 0 Å². The van der Waals surface area contributed by atoms with Gasteiger partial charge in [0.15, 0.2) is 0 Å². The fourth-order valence-corrected chi connectivity index (χ4v) is 0.241. The number of aliphatic hydroxyl groups excluding tert-OH is 2. The van der Waals surface area contributed by atoms with Gasteiger partial charge in [0.1, 0.15) is 0 Å². The van der Waals surface area contributed by atoms with Gasteiger partial charge in [0, 0.05) is 14.2 Å². The molecule has 0 rings (SSSR count). The van der Waals surface area contributed by atoms with Crippen LogP contribution in [-0.2, 0) is 4.74 Å². The molecular formula is C5H14O3. The van der Waals surface area contributed by atoms with Gasteiger partial charge in [0.05, 0.1) is 12.7 Å². The van der Waals surface area contributed by atoms with Crippen molar-refractivity contribution in [3.05, 3.63) is 0 Å². The Balaban J connectivity index is 0. The van der Waals surface area contributed by atoms with Crippen molar-refractivity contribution in [2.45, 2.75) is 13.0 Å². The van der Waals surface area contributed by atoms with Gasteiger partial charge in [-0.15, -0.1) is 0 Å². The molecule has 1 atom stereocenters. The highest BCUT2D eigenvalue weighted by Crippen LogP contribution is 1.75. The molecule has 3 nitrogen and oxygen atoms in total. The van der Waals surface area contributed by atoms with E-state index >= 15 is 0 Å².